The van der Waals surface area contributed by atoms with Crippen molar-refractivity contribution in [3.8, 4) is 0 Å². The Morgan fingerprint density at radius 3 is 1.75 bits per heavy atom. The van der Waals surface area contributed by atoms with Crippen molar-refractivity contribution in [2.45, 2.75) is 103 Å². The van der Waals surface area contributed by atoms with Gasteiger partial charge in [0.05, 0.1) is 6.61 Å². The average Bonchev–Trinajstić information content (AvgIpc) is 2.79. The van der Waals surface area contributed by atoms with Crippen LogP contribution in [0.15, 0.2) is 30.3 Å². The normalized spacial score (nSPS) is 10.7. The van der Waals surface area contributed by atoms with E-state index in [9.17, 15) is 9.59 Å². The van der Waals surface area contributed by atoms with Gasteiger partial charge in [0.25, 0.3) is 0 Å². The van der Waals surface area contributed by atoms with Crippen molar-refractivity contribution in [1.29, 1.82) is 0 Å². The molecule has 0 bridgehead atoms. The minimum atomic E-state index is -0.0556. The summed E-state index contributed by atoms with van der Waals surface area (Å²) in [7, 11) is 0. The van der Waals surface area contributed by atoms with Crippen LogP contribution in [0, 0.1) is 0 Å². The molecule has 0 saturated heterocycles. The number of hydrogen-bond donors (Lipinski definition) is 2. The summed E-state index contributed by atoms with van der Waals surface area (Å²) < 4.78 is 4.94. The van der Waals surface area contributed by atoms with Crippen molar-refractivity contribution in [2.75, 3.05) is 19.7 Å². The molecule has 0 aliphatic heterocycles. The third-order valence-corrected chi connectivity index (χ3v) is 5.69. The van der Waals surface area contributed by atoms with Gasteiger partial charge >= 0.3 is 12.0 Å². The summed E-state index contributed by atoms with van der Waals surface area (Å²) in [5, 5.41) is 5.87. The molecule has 5 heteroatoms. The molecule has 1 aromatic carbocycles. The van der Waals surface area contributed by atoms with Gasteiger partial charge in [-0.3, -0.25) is 4.79 Å². The summed E-state index contributed by atoms with van der Waals surface area (Å²) in [4.78, 5) is 23.0. The van der Waals surface area contributed by atoms with Gasteiger partial charge in [0.15, 0.2) is 0 Å². The third-order valence-electron chi connectivity index (χ3n) is 5.69. The quantitative estimate of drug-likeness (QED) is 0.176. The van der Waals surface area contributed by atoms with E-state index >= 15 is 0 Å². The number of benzene rings is 1. The van der Waals surface area contributed by atoms with Crippen molar-refractivity contribution in [3.05, 3.63) is 35.9 Å². The molecule has 0 aliphatic carbocycles. The SMILES string of the molecule is CCOC(=O)CCCCCCCCCCCCCCCNC(=O)NCCc1ccccc1. The van der Waals surface area contributed by atoms with E-state index in [1.54, 1.807) is 0 Å². The molecule has 0 saturated carbocycles. The molecule has 0 radical (unpaired) electrons. The third kappa shape index (κ3) is 17.6. The van der Waals surface area contributed by atoms with E-state index in [0.717, 1.165) is 32.2 Å². The number of unbranched alkanes of at least 4 members (excludes halogenated alkanes) is 12. The zero-order valence-corrected chi connectivity index (χ0v) is 20.3. The van der Waals surface area contributed by atoms with Crippen LogP contribution in [-0.4, -0.2) is 31.7 Å². The van der Waals surface area contributed by atoms with E-state index in [1.165, 1.54) is 69.8 Å². The standard InChI is InChI=1S/C27H46N2O3/c1-2-32-26(30)21-17-12-10-8-6-4-3-5-7-9-11-13-18-23-28-27(31)29-24-22-25-19-15-14-16-20-25/h14-16,19-20H,2-13,17-18,21-24H2,1H3,(H2,28,29,31). The maximum atomic E-state index is 11.8. The first-order valence-electron chi connectivity index (χ1n) is 12.9. The lowest BCUT2D eigenvalue weighted by atomic mass is 10.0. The molecule has 32 heavy (non-hydrogen) atoms. The second-order valence-electron chi connectivity index (χ2n) is 8.57. The highest BCUT2D eigenvalue weighted by atomic mass is 16.5. The Balaban J connectivity index is 1.74. The average molecular weight is 447 g/mol. The highest BCUT2D eigenvalue weighted by Gasteiger charge is 2.01. The van der Waals surface area contributed by atoms with E-state index in [-0.39, 0.29) is 12.0 Å². The van der Waals surface area contributed by atoms with Crippen LogP contribution in [0.5, 0.6) is 0 Å². The molecule has 182 valence electrons. The molecule has 0 aromatic heterocycles. The Kier molecular flexibility index (Phi) is 18.2. The largest absolute Gasteiger partial charge is 0.466 e. The molecule has 2 amide bonds. The van der Waals surface area contributed by atoms with E-state index < -0.39 is 0 Å². The topological polar surface area (TPSA) is 67.4 Å². The number of esters is 1. The molecule has 1 aromatic rings. The Morgan fingerprint density at radius 1 is 0.688 bits per heavy atom. The highest BCUT2D eigenvalue weighted by Crippen LogP contribution is 2.13. The van der Waals surface area contributed by atoms with Gasteiger partial charge in [-0.2, -0.15) is 0 Å². The fraction of sp³-hybridized carbons (Fsp3) is 0.704. The second kappa shape index (κ2) is 20.8. The lowest BCUT2D eigenvalue weighted by Gasteiger charge is -2.08. The van der Waals surface area contributed by atoms with Gasteiger partial charge < -0.3 is 15.4 Å². The lowest BCUT2D eigenvalue weighted by molar-refractivity contribution is -0.143. The summed E-state index contributed by atoms with van der Waals surface area (Å²) >= 11 is 0. The number of hydrogen-bond acceptors (Lipinski definition) is 3. The molecular formula is C27H46N2O3. The Bertz CT molecular complexity index is 578. The molecule has 0 heterocycles. The number of ether oxygens (including phenoxy) is 1. The van der Waals surface area contributed by atoms with Gasteiger partial charge in [-0.05, 0) is 31.7 Å². The molecule has 1 rings (SSSR count). The van der Waals surface area contributed by atoms with Crippen LogP contribution in [-0.2, 0) is 16.0 Å². The summed E-state index contributed by atoms with van der Waals surface area (Å²) in [5.41, 5.74) is 1.25. The van der Waals surface area contributed by atoms with Gasteiger partial charge in [0, 0.05) is 19.5 Å². The summed E-state index contributed by atoms with van der Waals surface area (Å²) in [6.07, 6.45) is 17.5. The lowest BCUT2D eigenvalue weighted by Crippen LogP contribution is -2.37. The van der Waals surface area contributed by atoms with E-state index in [4.69, 9.17) is 4.74 Å². The Morgan fingerprint density at radius 2 is 1.19 bits per heavy atom. The van der Waals surface area contributed by atoms with Crippen LogP contribution >= 0.6 is 0 Å². The minimum Gasteiger partial charge on any atom is -0.466 e. The minimum absolute atomic E-state index is 0.0520. The monoisotopic (exact) mass is 446 g/mol. The van der Waals surface area contributed by atoms with Crippen LogP contribution in [0.3, 0.4) is 0 Å². The number of rotatable bonds is 20. The van der Waals surface area contributed by atoms with Crippen LogP contribution in [0.4, 0.5) is 4.79 Å². The molecule has 0 fully saturated rings. The number of carbonyl (C=O) groups is 2. The maximum absolute atomic E-state index is 11.8. The number of amides is 2. The van der Waals surface area contributed by atoms with Crippen molar-refractivity contribution in [1.82, 2.24) is 10.6 Å². The predicted molar refractivity (Wildman–Crippen MR) is 133 cm³/mol. The molecule has 0 aliphatic rings. The molecule has 0 atom stereocenters. The number of carbonyl (C=O) groups excluding carboxylic acids is 2. The van der Waals surface area contributed by atoms with Gasteiger partial charge in [-0.25, -0.2) is 4.79 Å². The van der Waals surface area contributed by atoms with Crippen LogP contribution in [0.2, 0.25) is 0 Å². The van der Waals surface area contributed by atoms with Crippen molar-refractivity contribution < 1.29 is 14.3 Å². The fourth-order valence-electron chi connectivity index (χ4n) is 3.80. The fourth-order valence-corrected chi connectivity index (χ4v) is 3.80. The van der Waals surface area contributed by atoms with Gasteiger partial charge in [-0.15, -0.1) is 0 Å². The highest BCUT2D eigenvalue weighted by molar-refractivity contribution is 5.73. The summed E-state index contributed by atoms with van der Waals surface area (Å²) in [5.74, 6) is -0.0520. The zero-order valence-electron chi connectivity index (χ0n) is 20.3. The first-order valence-corrected chi connectivity index (χ1v) is 12.9. The van der Waals surface area contributed by atoms with E-state index in [2.05, 4.69) is 22.8 Å². The van der Waals surface area contributed by atoms with E-state index in [1.807, 2.05) is 25.1 Å². The van der Waals surface area contributed by atoms with Crippen molar-refractivity contribution >= 4 is 12.0 Å². The van der Waals surface area contributed by atoms with Gasteiger partial charge in [0.2, 0.25) is 0 Å². The van der Waals surface area contributed by atoms with Gasteiger partial charge in [-0.1, -0.05) is 101 Å². The summed E-state index contributed by atoms with van der Waals surface area (Å²) in [6, 6.07) is 10.2. The van der Waals surface area contributed by atoms with Gasteiger partial charge in [0.1, 0.15) is 0 Å². The Labute approximate surface area is 196 Å². The summed E-state index contributed by atoms with van der Waals surface area (Å²) in [6.45, 7) is 3.78. The predicted octanol–water partition coefficient (Wildman–Crippen LogP) is 6.55. The molecule has 5 nitrogen and oxygen atoms in total. The van der Waals surface area contributed by atoms with Crippen molar-refractivity contribution in [3.63, 3.8) is 0 Å². The van der Waals surface area contributed by atoms with Crippen molar-refractivity contribution in [2.24, 2.45) is 0 Å². The molecule has 0 spiro atoms. The molecule has 0 unspecified atom stereocenters. The number of urea groups is 1. The number of nitrogens with one attached hydrogen (secondary N) is 2. The maximum Gasteiger partial charge on any atom is 0.314 e. The van der Waals surface area contributed by atoms with Crippen LogP contribution in [0.25, 0.3) is 0 Å². The molecular weight excluding hydrogens is 400 g/mol. The van der Waals surface area contributed by atoms with Crippen LogP contribution < -0.4 is 10.6 Å². The Hall–Kier alpha value is -2.04. The van der Waals surface area contributed by atoms with Crippen LogP contribution in [0.1, 0.15) is 102 Å². The smallest absolute Gasteiger partial charge is 0.314 e. The first kappa shape index (κ1) is 28.0. The first-order chi connectivity index (χ1) is 15.7. The second-order valence-corrected chi connectivity index (χ2v) is 8.57. The zero-order chi connectivity index (χ0) is 23.1. The molecule has 2 N–H and O–H groups in total. The van der Waals surface area contributed by atoms with E-state index in [0.29, 0.717) is 19.6 Å².